The Morgan fingerprint density at radius 1 is 1.75 bits per heavy atom. The second kappa shape index (κ2) is 4.98. The number of methoxy groups -OCH3 is 1. The van der Waals surface area contributed by atoms with Gasteiger partial charge in [-0.2, -0.15) is 0 Å². The van der Waals surface area contributed by atoms with Gasteiger partial charge in [0.25, 0.3) is 0 Å². The molecule has 0 amide bonds. The van der Waals surface area contributed by atoms with Gasteiger partial charge in [-0.1, -0.05) is 6.92 Å². The predicted octanol–water partition coefficient (Wildman–Crippen LogP) is 2.17. The molecule has 0 unspecified atom stereocenters. The fraction of sp³-hybridized carbons (Fsp3) is 0.667. The molecule has 2 heteroatoms. The highest BCUT2D eigenvalue weighted by Gasteiger charge is 1.87. The van der Waals surface area contributed by atoms with Crippen LogP contribution in [0.25, 0.3) is 0 Å². The molecule has 1 nitrogen and oxygen atoms in total. The summed E-state index contributed by atoms with van der Waals surface area (Å²) >= 11 is 5.45. The second-order valence-corrected chi connectivity index (χ2v) is 1.68. The zero-order valence-electron chi connectivity index (χ0n) is 5.28. The van der Waals surface area contributed by atoms with Crippen molar-refractivity contribution in [2.75, 3.05) is 13.0 Å². The topological polar surface area (TPSA) is 9.23 Å². The van der Waals surface area contributed by atoms with Crippen molar-refractivity contribution in [2.24, 2.45) is 0 Å². The Balaban J connectivity index is 3.49. The van der Waals surface area contributed by atoms with Gasteiger partial charge in [0.1, 0.15) is 5.76 Å². The van der Waals surface area contributed by atoms with Crippen LogP contribution in [-0.4, -0.2) is 13.0 Å². The van der Waals surface area contributed by atoms with Crippen molar-refractivity contribution in [1.29, 1.82) is 0 Å². The van der Waals surface area contributed by atoms with Gasteiger partial charge in [-0.15, -0.1) is 11.6 Å². The largest absolute Gasteiger partial charge is 0.500 e. The van der Waals surface area contributed by atoms with Crippen molar-refractivity contribution in [3.05, 3.63) is 11.8 Å². The van der Waals surface area contributed by atoms with Crippen LogP contribution < -0.4 is 0 Å². The molecule has 0 rings (SSSR count). The van der Waals surface area contributed by atoms with Crippen LogP contribution in [0.4, 0.5) is 0 Å². The smallest absolute Gasteiger partial charge is 0.106 e. The number of alkyl halides is 1. The fourth-order valence-corrected chi connectivity index (χ4v) is 0.638. The molecule has 0 aromatic heterocycles. The molecule has 0 bridgehead atoms. The lowest BCUT2D eigenvalue weighted by molar-refractivity contribution is 0.293. The Morgan fingerprint density at radius 3 is 2.50 bits per heavy atom. The zero-order chi connectivity index (χ0) is 6.41. The molecular weight excluding hydrogens is 124 g/mol. The van der Waals surface area contributed by atoms with Crippen molar-refractivity contribution in [2.45, 2.75) is 13.3 Å². The van der Waals surface area contributed by atoms with Crippen LogP contribution in [0.15, 0.2) is 11.8 Å². The molecular formula is C6H11ClO. The number of ether oxygens (including phenoxy) is 1. The molecule has 0 aromatic rings. The van der Waals surface area contributed by atoms with Gasteiger partial charge in [0, 0.05) is 0 Å². The summed E-state index contributed by atoms with van der Waals surface area (Å²) in [5.41, 5.74) is 0. The number of rotatable bonds is 3. The minimum atomic E-state index is 0.477. The lowest BCUT2D eigenvalue weighted by atomic mass is 10.4. The molecule has 0 radical (unpaired) electrons. The quantitative estimate of drug-likeness (QED) is 0.425. The maximum Gasteiger partial charge on any atom is 0.106 e. The Hall–Kier alpha value is -0.170. The highest BCUT2D eigenvalue weighted by molar-refractivity contribution is 6.19. The molecule has 0 saturated heterocycles. The van der Waals surface area contributed by atoms with Crippen LogP contribution >= 0.6 is 11.6 Å². The van der Waals surface area contributed by atoms with Gasteiger partial charge in [0.15, 0.2) is 0 Å². The molecule has 8 heavy (non-hydrogen) atoms. The summed E-state index contributed by atoms with van der Waals surface area (Å²) < 4.78 is 4.87. The van der Waals surface area contributed by atoms with E-state index in [2.05, 4.69) is 0 Å². The molecule has 0 heterocycles. The third-order valence-electron chi connectivity index (χ3n) is 0.826. The van der Waals surface area contributed by atoms with Crippen LogP contribution in [0.5, 0.6) is 0 Å². The summed E-state index contributed by atoms with van der Waals surface area (Å²) in [5, 5.41) is 0. The van der Waals surface area contributed by atoms with Crippen LogP contribution in [0, 0.1) is 0 Å². The molecule has 0 fully saturated rings. The van der Waals surface area contributed by atoms with Gasteiger partial charge >= 0.3 is 0 Å². The number of hydrogen-bond acceptors (Lipinski definition) is 1. The van der Waals surface area contributed by atoms with Gasteiger partial charge in [-0.3, -0.25) is 0 Å². The van der Waals surface area contributed by atoms with E-state index in [1.807, 2.05) is 13.0 Å². The highest BCUT2D eigenvalue weighted by atomic mass is 35.5. The van der Waals surface area contributed by atoms with Crippen LogP contribution in [-0.2, 0) is 4.74 Å². The van der Waals surface area contributed by atoms with Crippen molar-refractivity contribution in [3.8, 4) is 0 Å². The molecule has 0 aliphatic heterocycles. The average Bonchev–Trinajstić information content (AvgIpc) is 1.83. The Bertz CT molecular complexity index is 72.6. The van der Waals surface area contributed by atoms with Crippen molar-refractivity contribution < 1.29 is 4.74 Å². The maximum absolute atomic E-state index is 5.45. The Morgan fingerprint density at radius 2 is 2.38 bits per heavy atom. The summed E-state index contributed by atoms with van der Waals surface area (Å²) in [7, 11) is 1.63. The van der Waals surface area contributed by atoms with Crippen molar-refractivity contribution in [3.63, 3.8) is 0 Å². The molecule has 0 saturated carbocycles. The Kier molecular flexibility index (Phi) is 4.87. The minimum Gasteiger partial charge on any atom is -0.500 e. The van der Waals surface area contributed by atoms with E-state index in [9.17, 15) is 0 Å². The number of allylic oxidation sites excluding steroid dienone is 2. The zero-order valence-corrected chi connectivity index (χ0v) is 6.03. The van der Waals surface area contributed by atoms with Gasteiger partial charge in [-0.25, -0.2) is 0 Å². The molecule has 0 atom stereocenters. The standard InChI is InChI=1S/C6H11ClO/c1-3-4-6(5-7)8-2/h4H,3,5H2,1-2H3/b6-4+. The van der Waals surface area contributed by atoms with E-state index in [1.54, 1.807) is 7.11 Å². The van der Waals surface area contributed by atoms with Crippen LogP contribution in [0.3, 0.4) is 0 Å². The van der Waals surface area contributed by atoms with Gasteiger partial charge < -0.3 is 4.74 Å². The third kappa shape index (κ3) is 2.92. The highest BCUT2D eigenvalue weighted by Crippen LogP contribution is 1.98. The molecule has 0 aliphatic carbocycles. The van der Waals surface area contributed by atoms with Gasteiger partial charge in [-0.05, 0) is 12.5 Å². The molecule has 0 aliphatic rings. The molecule has 0 N–H and O–H groups in total. The van der Waals surface area contributed by atoms with E-state index >= 15 is 0 Å². The first-order valence-electron chi connectivity index (χ1n) is 2.64. The van der Waals surface area contributed by atoms with E-state index < -0.39 is 0 Å². The molecule has 48 valence electrons. The van der Waals surface area contributed by atoms with Crippen molar-refractivity contribution in [1.82, 2.24) is 0 Å². The summed E-state index contributed by atoms with van der Waals surface area (Å²) in [5.74, 6) is 1.33. The first-order chi connectivity index (χ1) is 3.85. The molecule has 0 aromatic carbocycles. The lowest BCUT2D eigenvalue weighted by Gasteiger charge is -1.97. The monoisotopic (exact) mass is 134 g/mol. The van der Waals surface area contributed by atoms with E-state index in [0.717, 1.165) is 12.2 Å². The number of halogens is 1. The second-order valence-electron chi connectivity index (χ2n) is 1.42. The van der Waals surface area contributed by atoms with E-state index in [4.69, 9.17) is 16.3 Å². The third-order valence-corrected chi connectivity index (χ3v) is 1.09. The van der Waals surface area contributed by atoms with E-state index in [-0.39, 0.29) is 0 Å². The summed E-state index contributed by atoms with van der Waals surface area (Å²) in [6, 6.07) is 0. The lowest BCUT2D eigenvalue weighted by Crippen LogP contribution is -1.86. The average molecular weight is 135 g/mol. The normalized spacial score (nSPS) is 11.6. The fourth-order valence-electron chi connectivity index (χ4n) is 0.420. The number of hydrogen-bond donors (Lipinski definition) is 0. The van der Waals surface area contributed by atoms with E-state index in [0.29, 0.717) is 5.88 Å². The van der Waals surface area contributed by atoms with Gasteiger partial charge in [0.05, 0.1) is 13.0 Å². The Labute approximate surface area is 55.3 Å². The van der Waals surface area contributed by atoms with Crippen LogP contribution in [0.2, 0.25) is 0 Å². The first kappa shape index (κ1) is 7.83. The molecule has 0 spiro atoms. The van der Waals surface area contributed by atoms with Gasteiger partial charge in [0.2, 0.25) is 0 Å². The van der Waals surface area contributed by atoms with Crippen molar-refractivity contribution >= 4 is 11.6 Å². The predicted molar refractivity (Wildman–Crippen MR) is 36.1 cm³/mol. The van der Waals surface area contributed by atoms with E-state index in [1.165, 1.54) is 0 Å². The van der Waals surface area contributed by atoms with Crippen LogP contribution in [0.1, 0.15) is 13.3 Å². The first-order valence-corrected chi connectivity index (χ1v) is 3.17. The SMILES string of the molecule is CC/C=C(\CCl)OC. The summed E-state index contributed by atoms with van der Waals surface area (Å²) in [6.45, 7) is 2.05. The minimum absolute atomic E-state index is 0.477. The maximum atomic E-state index is 5.45. The summed E-state index contributed by atoms with van der Waals surface area (Å²) in [4.78, 5) is 0. The summed E-state index contributed by atoms with van der Waals surface area (Å²) in [6.07, 6.45) is 2.95.